The van der Waals surface area contributed by atoms with Gasteiger partial charge in [0.2, 0.25) is 0 Å². The van der Waals surface area contributed by atoms with Crippen molar-refractivity contribution in [2.75, 3.05) is 14.2 Å². The van der Waals surface area contributed by atoms with Gasteiger partial charge in [0.05, 0.1) is 19.5 Å². The molecule has 12 heavy (non-hydrogen) atoms. The van der Waals surface area contributed by atoms with Crippen LogP contribution in [0, 0.1) is 6.92 Å². The van der Waals surface area contributed by atoms with E-state index in [2.05, 4.69) is 9.24 Å². The lowest BCUT2D eigenvalue weighted by Gasteiger charge is -2.10. The molecule has 3 heteroatoms. The topological polar surface area (TPSA) is 18.5 Å². The molecule has 0 aliphatic rings. The van der Waals surface area contributed by atoms with Crippen molar-refractivity contribution in [1.82, 2.24) is 0 Å². The Balaban J connectivity index is 3.22. The van der Waals surface area contributed by atoms with Gasteiger partial charge in [0, 0.05) is 0 Å². The van der Waals surface area contributed by atoms with Crippen LogP contribution in [0.2, 0.25) is 0 Å². The maximum absolute atomic E-state index is 5.17. The van der Waals surface area contributed by atoms with Gasteiger partial charge in [-0.3, -0.25) is 0 Å². The Morgan fingerprint density at radius 2 is 1.50 bits per heavy atom. The highest BCUT2D eigenvalue weighted by Gasteiger charge is 2.05. The van der Waals surface area contributed by atoms with Gasteiger partial charge in [-0.1, -0.05) is 9.24 Å². The Bertz CT molecular complexity index is 259. The van der Waals surface area contributed by atoms with Crippen LogP contribution in [0.15, 0.2) is 12.1 Å². The molecule has 0 aliphatic heterocycles. The first-order valence-electron chi connectivity index (χ1n) is 3.67. The molecule has 0 saturated carbocycles. The molecular formula is C9H13O2P. The van der Waals surface area contributed by atoms with Crippen LogP contribution in [0.3, 0.4) is 0 Å². The van der Waals surface area contributed by atoms with Gasteiger partial charge in [-0.15, -0.1) is 0 Å². The summed E-state index contributed by atoms with van der Waals surface area (Å²) in [6.45, 7) is 2.01. The Hall–Kier alpha value is -0.750. The van der Waals surface area contributed by atoms with Gasteiger partial charge in [0.25, 0.3) is 0 Å². The van der Waals surface area contributed by atoms with E-state index in [-0.39, 0.29) is 0 Å². The second kappa shape index (κ2) is 3.77. The second-order valence-electron chi connectivity index (χ2n) is 2.58. The number of aryl methyl sites for hydroxylation is 1. The van der Waals surface area contributed by atoms with Gasteiger partial charge in [-0.05, 0) is 24.6 Å². The molecule has 1 atom stereocenters. The van der Waals surface area contributed by atoms with Crippen LogP contribution in [0.5, 0.6) is 11.5 Å². The lowest BCUT2D eigenvalue weighted by atomic mass is 10.2. The van der Waals surface area contributed by atoms with E-state index < -0.39 is 0 Å². The summed E-state index contributed by atoms with van der Waals surface area (Å²) in [6.07, 6.45) is 0. The average Bonchev–Trinajstić information content (AvgIpc) is 2.08. The quantitative estimate of drug-likeness (QED) is 0.648. The highest BCUT2D eigenvalue weighted by molar-refractivity contribution is 7.28. The van der Waals surface area contributed by atoms with Crippen LogP contribution in [-0.4, -0.2) is 14.2 Å². The predicted octanol–water partition coefficient (Wildman–Crippen LogP) is 1.51. The van der Waals surface area contributed by atoms with Crippen molar-refractivity contribution in [3.63, 3.8) is 0 Å². The fraction of sp³-hybridized carbons (Fsp3) is 0.333. The molecule has 0 aromatic heterocycles. The minimum absolute atomic E-state index is 0.844. The van der Waals surface area contributed by atoms with Crippen molar-refractivity contribution in [3.8, 4) is 11.5 Å². The van der Waals surface area contributed by atoms with Crippen LogP contribution >= 0.6 is 9.24 Å². The minimum Gasteiger partial charge on any atom is -0.496 e. The van der Waals surface area contributed by atoms with Crippen molar-refractivity contribution in [2.24, 2.45) is 0 Å². The van der Waals surface area contributed by atoms with Crippen LogP contribution in [0.1, 0.15) is 5.56 Å². The van der Waals surface area contributed by atoms with Crippen molar-refractivity contribution in [1.29, 1.82) is 0 Å². The van der Waals surface area contributed by atoms with Gasteiger partial charge in [0.15, 0.2) is 0 Å². The molecule has 0 heterocycles. The first-order chi connectivity index (χ1) is 5.69. The third-order valence-electron chi connectivity index (χ3n) is 1.69. The lowest BCUT2D eigenvalue weighted by molar-refractivity contribution is 0.400. The second-order valence-corrected chi connectivity index (χ2v) is 3.16. The molecule has 0 amide bonds. The molecular weight excluding hydrogens is 171 g/mol. The van der Waals surface area contributed by atoms with E-state index in [1.165, 1.54) is 0 Å². The van der Waals surface area contributed by atoms with Gasteiger partial charge in [-0.2, -0.15) is 0 Å². The van der Waals surface area contributed by atoms with E-state index in [0.717, 1.165) is 22.4 Å². The molecule has 66 valence electrons. The monoisotopic (exact) mass is 184 g/mol. The number of methoxy groups -OCH3 is 2. The molecule has 0 spiro atoms. The first kappa shape index (κ1) is 9.34. The molecule has 0 fully saturated rings. The smallest absolute Gasteiger partial charge is 0.129 e. The molecule has 0 aliphatic carbocycles. The maximum Gasteiger partial charge on any atom is 0.129 e. The summed E-state index contributed by atoms with van der Waals surface area (Å²) < 4.78 is 10.3. The van der Waals surface area contributed by atoms with Gasteiger partial charge in [0.1, 0.15) is 11.5 Å². The molecule has 1 aromatic rings. The van der Waals surface area contributed by atoms with Gasteiger partial charge in [-0.25, -0.2) is 0 Å². The summed E-state index contributed by atoms with van der Waals surface area (Å²) in [5, 5.41) is 0.964. The Morgan fingerprint density at radius 3 is 1.83 bits per heavy atom. The zero-order chi connectivity index (χ0) is 9.14. The predicted molar refractivity (Wildman–Crippen MR) is 53.6 cm³/mol. The number of benzene rings is 1. The van der Waals surface area contributed by atoms with Gasteiger partial charge >= 0.3 is 0 Å². The largest absolute Gasteiger partial charge is 0.496 e. The summed E-state index contributed by atoms with van der Waals surface area (Å²) in [6, 6.07) is 3.95. The summed E-state index contributed by atoms with van der Waals surface area (Å²) in [4.78, 5) is 0. The fourth-order valence-corrected chi connectivity index (χ4v) is 1.47. The molecule has 1 aromatic carbocycles. The van der Waals surface area contributed by atoms with E-state index in [1.54, 1.807) is 14.2 Å². The molecule has 0 saturated heterocycles. The molecule has 0 bridgehead atoms. The van der Waals surface area contributed by atoms with Crippen LogP contribution in [0.4, 0.5) is 0 Å². The number of ether oxygens (including phenoxy) is 2. The van der Waals surface area contributed by atoms with Crippen molar-refractivity contribution in [2.45, 2.75) is 6.92 Å². The zero-order valence-electron chi connectivity index (χ0n) is 7.55. The SMILES string of the molecule is COc1cc(C)cc(OC)c1P. The van der Waals surface area contributed by atoms with E-state index in [4.69, 9.17) is 9.47 Å². The van der Waals surface area contributed by atoms with E-state index in [9.17, 15) is 0 Å². The number of hydrogen-bond acceptors (Lipinski definition) is 2. The van der Waals surface area contributed by atoms with Crippen LogP contribution in [0.25, 0.3) is 0 Å². The third-order valence-corrected chi connectivity index (χ3v) is 2.26. The zero-order valence-corrected chi connectivity index (χ0v) is 8.70. The van der Waals surface area contributed by atoms with E-state index in [0.29, 0.717) is 0 Å². The molecule has 0 N–H and O–H groups in total. The van der Waals surface area contributed by atoms with Crippen molar-refractivity contribution < 1.29 is 9.47 Å². The Morgan fingerprint density at radius 1 is 1.08 bits per heavy atom. The molecule has 1 unspecified atom stereocenters. The van der Waals surface area contributed by atoms with E-state index in [1.807, 2.05) is 19.1 Å². The van der Waals surface area contributed by atoms with Gasteiger partial charge < -0.3 is 9.47 Å². The first-order valence-corrected chi connectivity index (χ1v) is 4.25. The summed E-state index contributed by atoms with van der Waals surface area (Å²) >= 11 is 0. The van der Waals surface area contributed by atoms with Crippen molar-refractivity contribution in [3.05, 3.63) is 17.7 Å². The normalized spacial score (nSPS) is 9.67. The fourth-order valence-electron chi connectivity index (χ4n) is 1.07. The summed E-state index contributed by atoms with van der Waals surface area (Å²) in [7, 11) is 5.92. The highest BCUT2D eigenvalue weighted by atomic mass is 31.0. The van der Waals surface area contributed by atoms with Crippen LogP contribution in [-0.2, 0) is 0 Å². The number of rotatable bonds is 2. The van der Waals surface area contributed by atoms with Crippen molar-refractivity contribution >= 4 is 14.5 Å². The minimum atomic E-state index is 0.844. The third kappa shape index (κ3) is 1.70. The van der Waals surface area contributed by atoms with E-state index >= 15 is 0 Å². The number of hydrogen-bond donors (Lipinski definition) is 0. The van der Waals surface area contributed by atoms with Crippen LogP contribution < -0.4 is 14.8 Å². The summed E-state index contributed by atoms with van der Waals surface area (Å²) in [5.74, 6) is 1.69. The lowest BCUT2D eigenvalue weighted by Crippen LogP contribution is -2.03. The Labute approximate surface area is 75.1 Å². The molecule has 0 radical (unpaired) electrons. The Kier molecular flexibility index (Phi) is 2.93. The maximum atomic E-state index is 5.17. The average molecular weight is 184 g/mol. The summed E-state index contributed by atoms with van der Waals surface area (Å²) in [5.41, 5.74) is 1.13. The standard InChI is InChI=1S/C9H13O2P/c1-6-4-7(10-2)9(12)8(5-6)11-3/h4-5H,12H2,1-3H3. The molecule has 2 nitrogen and oxygen atoms in total. The molecule has 1 rings (SSSR count). The highest BCUT2D eigenvalue weighted by Crippen LogP contribution is 2.21.